The Kier molecular flexibility index (Phi) is 10.8. The van der Waals surface area contributed by atoms with Gasteiger partial charge in [-0.05, 0) is 93.2 Å². The first-order valence-corrected chi connectivity index (χ1v) is 13.2. The minimum atomic E-state index is -6.51. The average Bonchev–Trinajstić information content (AvgIpc) is 2.63. The fourth-order valence-corrected chi connectivity index (χ4v) is 5.19. The number of carbonyl (C=O) groups excluding carboxylic acids is 2. The van der Waals surface area contributed by atoms with Gasteiger partial charge in [0.1, 0.15) is 0 Å². The summed E-state index contributed by atoms with van der Waals surface area (Å²) >= 11 is 6.07. The maximum Gasteiger partial charge on any atom is 0.432 e. The Hall–Kier alpha value is -0.0900. The van der Waals surface area contributed by atoms with Gasteiger partial charge in [-0.2, -0.15) is 30.4 Å². The maximum atomic E-state index is 13.5. The molecule has 0 aromatic heterocycles. The van der Waals surface area contributed by atoms with E-state index in [2.05, 4.69) is 27.3 Å². The summed E-state index contributed by atoms with van der Waals surface area (Å²) in [6.07, 6.45) is -11.4. The normalized spacial score (nSPS) is 13.6. The summed E-state index contributed by atoms with van der Waals surface area (Å²) in [6, 6.07) is 3.50. The Labute approximate surface area is 221 Å². The third kappa shape index (κ3) is 7.72. The molecule has 1 rings (SSSR count). The van der Waals surface area contributed by atoms with Crippen LogP contribution in [0.5, 0.6) is 0 Å². The second-order valence-electron chi connectivity index (χ2n) is 6.19. The minimum Gasteiger partial charge on any atom is -0.445 e. The molecule has 1 amide bonds. The molecule has 0 heterocycles. The molecule has 16 heteroatoms. The molecule has 1 N–H and O–H groups in total. The van der Waals surface area contributed by atoms with Crippen molar-refractivity contribution in [3.8, 4) is 0 Å². The van der Waals surface area contributed by atoms with Crippen LogP contribution in [0.1, 0.15) is 30.1 Å². The Bertz CT molecular complexity index is 974. The van der Waals surface area contributed by atoms with Crippen LogP contribution < -0.4 is 0 Å². The molecular formula is C16H15F5I3NO6S. The van der Waals surface area contributed by atoms with E-state index in [1.165, 1.54) is 4.90 Å². The summed E-state index contributed by atoms with van der Waals surface area (Å²) < 4.78 is 101. The van der Waals surface area contributed by atoms with E-state index < -0.39 is 46.0 Å². The first-order chi connectivity index (χ1) is 14.4. The molecule has 1 unspecified atom stereocenters. The van der Waals surface area contributed by atoms with Gasteiger partial charge in [0, 0.05) is 30.2 Å². The summed E-state index contributed by atoms with van der Waals surface area (Å²) in [4.78, 5) is 25.8. The Morgan fingerprint density at radius 2 is 1.72 bits per heavy atom. The fraction of sp³-hybridized carbons (Fsp3) is 0.500. The monoisotopic (exact) mass is 825 g/mol. The standard InChI is InChI=1S/C16H15F5I3NO6S/c1-2-25(13(27)9-6-8(22)7-10(23)12(9)24)5-3-4-11(26)31-14(15(17,18)19)16(20,21)32(28,29)30/h6-7,14H,2-5H2,1H3,(H,28,29,30). The fourth-order valence-electron chi connectivity index (χ4n) is 2.35. The van der Waals surface area contributed by atoms with Crippen LogP contribution in [0.15, 0.2) is 12.1 Å². The van der Waals surface area contributed by atoms with Gasteiger partial charge in [-0.25, -0.2) is 0 Å². The van der Waals surface area contributed by atoms with Gasteiger partial charge in [-0.3, -0.25) is 14.1 Å². The van der Waals surface area contributed by atoms with Gasteiger partial charge in [-0.1, -0.05) is 0 Å². The van der Waals surface area contributed by atoms with Crippen LogP contribution in [-0.4, -0.2) is 60.4 Å². The molecule has 0 radical (unpaired) electrons. The number of halogens is 8. The highest BCUT2D eigenvalue weighted by atomic mass is 127. The molecule has 182 valence electrons. The largest absolute Gasteiger partial charge is 0.445 e. The molecular weight excluding hydrogens is 810 g/mol. The Balaban J connectivity index is 2.86. The molecule has 1 aromatic carbocycles. The summed E-state index contributed by atoms with van der Waals surface area (Å²) in [5, 5.41) is -5.79. The van der Waals surface area contributed by atoms with Crippen molar-refractivity contribution in [3.63, 3.8) is 0 Å². The van der Waals surface area contributed by atoms with Gasteiger partial charge < -0.3 is 9.64 Å². The summed E-state index contributed by atoms with van der Waals surface area (Å²) in [5.74, 6) is -2.16. The number of nitrogens with zero attached hydrogens (tertiary/aromatic N) is 1. The van der Waals surface area contributed by atoms with Crippen molar-refractivity contribution in [2.75, 3.05) is 13.1 Å². The molecule has 0 aliphatic carbocycles. The van der Waals surface area contributed by atoms with E-state index in [1.54, 1.807) is 13.0 Å². The van der Waals surface area contributed by atoms with Crippen molar-refractivity contribution in [1.29, 1.82) is 0 Å². The van der Waals surface area contributed by atoms with Crippen LogP contribution in [0, 0.1) is 10.7 Å². The zero-order valence-electron chi connectivity index (χ0n) is 15.9. The first-order valence-electron chi connectivity index (χ1n) is 8.48. The number of benzene rings is 1. The van der Waals surface area contributed by atoms with Crippen LogP contribution in [0.2, 0.25) is 0 Å². The lowest BCUT2D eigenvalue weighted by atomic mass is 10.2. The topological polar surface area (TPSA) is 101 Å². The predicted molar refractivity (Wildman–Crippen MR) is 128 cm³/mol. The molecule has 32 heavy (non-hydrogen) atoms. The van der Waals surface area contributed by atoms with Gasteiger partial charge in [-0.15, -0.1) is 0 Å². The molecule has 0 fully saturated rings. The number of esters is 1. The van der Waals surface area contributed by atoms with Gasteiger partial charge in [0.2, 0.25) is 0 Å². The van der Waals surface area contributed by atoms with E-state index in [-0.39, 0.29) is 19.5 Å². The smallest absolute Gasteiger partial charge is 0.432 e. The summed E-state index contributed by atoms with van der Waals surface area (Å²) in [6.45, 7) is 1.72. The van der Waals surface area contributed by atoms with Crippen LogP contribution in [-0.2, 0) is 19.6 Å². The lowest BCUT2D eigenvalue weighted by molar-refractivity contribution is -0.259. The zero-order valence-corrected chi connectivity index (χ0v) is 23.2. The van der Waals surface area contributed by atoms with Crippen LogP contribution >= 0.6 is 67.8 Å². The summed E-state index contributed by atoms with van der Waals surface area (Å²) in [7, 11) is -6.51. The number of hydrogen-bond donors (Lipinski definition) is 1. The predicted octanol–water partition coefficient (Wildman–Crippen LogP) is 4.70. The van der Waals surface area contributed by atoms with Crippen LogP contribution in [0.4, 0.5) is 22.0 Å². The highest BCUT2D eigenvalue weighted by Crippen LogP contribution is 2.38. The highest BCUT2D eigenvalue weighted by Gasteiger charge is 2.66. The van der Waals surface area contributed by atoms with Crippen molar-refractivity contribution in [2.45, 2.75) is 37.3 Å². The molecule has 1 aromatic rings. The van der Waals surface area contributed by atoms with Crippen molar-refractivity contribution >= 4 is 89.8 Å². The van der Waals surface area contributed by atoms with Crippen molar-refractivity contribution < 1.29 is 49.2 Å². The van der Waals surface area contributed by atoms with Gasteiger partial charge in [0.15, 0.2) is 0 Å². The second kappa shape index (κ2) is 11.6. The van der Waals surface area contributed by atoms with Crippen molar-refractivity contribution in [2.24, 2.45) is 0 Å². The number of carbonyl (C=O) groups is 2. The third-order valence-corrected chi connectivity index (χ3v) is 8.47. The van der Waals surface area contributed by atoms with Crippen molar-refractivity contribution in [3.05, 3.63) is 28.4 Å². The molecule has 0 saturated heterocycles. The lowest BCUT2D eigenvalue weighted by Gasteiger charge is -2.26. The van der Waals surface area contributed by atoms with Crippen LogP contribution in [0.25, 0.3) is 0 Å². The number of rotatable bonds is 9. The number of ether oxygens (including phenoxy) is 1. The molecule has 0 bridgehead atoms. The molecule has 0 saturated carbocycles. The van der Waals surface area contributed by atoms with Gasteiger partial charge in [0.25, 0.3) is 12.0 Å². The SMILES string of the molecule is CCN(CCCC(=O)OC(C(F)(F)F)C(F)(F)S(=O)(=O)O)C(=O)c1cc(I)cc(I)c1I. The zero-order chi connectivity index (χ0) is 25.1. The number of alkyl halides is 5. The average molecular weight is 825 g/mol. The molecule has 0 aliphatic rings. The molecule has 1 atom stereocenters. The van der Waals surface area contributed by atoms with E-state index in [0.717, 1.165) is 7.14 Å². The van der Waals surface area contributed by atoms with E-state index >= 15 is 0 Å². The van der Waals surface area contributed by atoms with Crippen LogP contribution in [0.3, 0.4) is 0 Å². The Morgan fingerprint density at radius 1 is 1.16 bits per heavy atom. The quantitative estimate of drug-likeness (QED) is 0.128. The van der Waals surface area contributed by atoms with Crippen molar-refractivity contribution in [1.82, 2.24) is 4.90 Å². The van der Waals surface area contributed by atoms with Gasteiger partial charge in [0.05, 0.1) is 5.56 Å². The highest BCUT2D eigenvalue weighted by molar-refractivity contribution is 14.1. The number of hydrogen-bond acceptors (Lipinski definition) is 5. The first kappa shape index (κ1) is 29.9. The van der Waals surface area contributed by atoms with E-state index in [1.807, 2.05) is 51.2 Å². The van der Waals surface area contributed by atoms with E-state index in [9.17, 15) is 40.0 Å². The van der Waals surface area contributed by atoms with E-state index in [0.29, 0.717) is 9.13 Å². The molecule has 7 nitrogen and oxygen atoms in total. The second-order valence-corrected chi connectivity index (χ2v) is 11.2. The Morgan fingerprint density at radius 3 is 2.19 bits per heavy atom. The van der Waals surface area contributed by atoms with E-state index in [4.69, 9.17) is 4.55 Å². The summed E-state index contributed by atoms with van der Waals surface area (Å²) in [5.41, 5.74) is 0.385. The minimum absolute atomic E-state index is 0.103. The number of amides is 1. The maximum absolute atomic E-state index is 13.5. The lowest BCUT2D eigenvalue weighted by Crippen LogP contribution is -2.52. The molecule has 0 spiro atoms. The third-order valence-electron chi connectivity index (χ3n) is 3.90. The van der Waals surface area contributed by atoms with Gasteiger partial charge >= 0.3 is 27.5 Å². The molecule has 0 aliphatic heterocycles.